The second kappa shape index (κ2) is 7.21. The summed E-state index contributed by atoms with van der Waals surface area (Å²) in [5.74, 6) is 0.303. The summed E-state index contributed by atoms with van der Waals surface area (Å²) in [5.41, 5.74) is 0.430. The van der Waals surface area contributed by atoms with Crippen molar-refractivity contribution in [1.82, 2.24) is 4.90 Å². The lowest BCUT2D eigenvalue weighted by molar-refractivity contribution is 0.0758. The van der Waals surface area contributed by atoms with E-state index < -0.39 is 0 Å². The lowest BCUT2D eigenvalue weighted by Gasteiger charge is -2.21. The highest BCUT2D eigenvalue weighted by atomic mass is 79.9. The average molecular weight is 342 g/mol. The number of amides is 1. The van der Waals surface area contributed by atoms with Gasteiger partial charge in [0.1, 0.15) is 5.82 Å². The highest BCUT2D eigenvalue weighted by Crippen LogP contribution is 2.25. The van der Waals surface area contributed by atoms with Gasteiger partial charge in [-0.3, -0.25) is 4.79 Å². The molecule has 20 heavy (non-hydrogen) atoms. The van der Waals surface area contributed by atoms with E-state index in [-0.39, 0.29) is 11.7 Å². The first-order chi connectivity index (χ1) is 9.61. The molecule has 1 saturated heterocycles. The van der Waals surface area contributed by atoms with E-state index in [1.54, 1.807) is 6.07 Å². The van der Waals surface area contributed by atoms with Crippen molar-refractivity contribution in [1.29, 1.82) is 0 Å². The highest BCUT2D eigenvalue weighted by molar-refractivity contribution is 9.10. The summed E-state index contributed by atoms with van der Waals surface area (Å²) in [6.45, 7) is 3.77. The predicted molar refractivity (Wildman–Crippen MR) is 82.3 cm³/mol. The van der Waals surface area contributed by atoms with Gasteiger partial charge in [-0.05, 0) is 59.3 Å². The normalized spacial score (nSPS) is 19.8. The van der Waals surface area contributed by atoms with Crippen LogP contribution in [0.5, 0.6) is 0 Å². The maximum absolute atomic E-state index is 13.3. The summed E-state index contributed by atoms with van der Waals surface area (Å²) in [5, 5.41) is 0. The molecule has 1 heterocycles. The van der Waals surface area contributed by atoms with E-state index >= 15 is 0 Å². The Morgan fingerprint density at radius 3 is 2.95 bits per heavy atom. The monoisotopic (exact) mass is 341 g/mol. The molecule has 0 radical (unpaired) electrons. The molecule has 2 rings (SSSR count). The molecule has 0 aliphatic carbocycles. The molecule has 4 heteroatoms. The van der Waals surface area contributed by atoms with Crippen LogP contribution in [0.1, 0.15) is 49.4 Å². The maximum atomic E-state index is 13.3. The molecule has 0 N–H and O–H groups in total. The minimum atomic E-state index is -0.366. The molecule has 2 nitrogen and oxygen atoms in total. The van der Waals surface area contributed by atoms with Crippen LogP contribution >= 0.6 is 15.9 Å². The molecule has 1 unspecified atom stereocenters. The average Bonchev–Trinajstić information content (AvgIpc) is 2.67. The number of carbonyl (C=O) groups is 1. The molecule has 1 atom stereocenters. The maximum Gasteiger partial charge on any atom is 0.255 e. The molecule has 0 bridgehead atoms. The van der Waals surface area contributed by atoms with E-state index in [4.69, 9.17) is 0 Å². The van der Waals surface area contributed by atoms with Gasteiger partial charge in [-0.2, -0.15) is 0 Å². The van der Waals surface area contributed by atoms with Crippen molar-refractivity contribution in [3.05, 3.63) is 34.1 Å². The molecule has 0 saturated carbocycles. The third-order valence-electron chi connectivity index (χ3n) is 3.99. The van der Waals surface area contributed by atoms with Crippen molar-refractivity contribution in [2.24, 2.45) is 5.92 Å². The number of hydrogen-bond acceptors (Lipinski definition) is 1. The number of benzene rings is 1. The smallest absolute Gasteiger partial charge is 0.255 e. The van der Waals surface area contributed by atoms with Gasteiger partial charge in [0.05, 0.1) is 5.56 Å². The van der Waals surface area contributed by atoms with Crippen LogP contribution in [0, 0.1) is 11.7 Å². The van der Waals surface area contributed by atoms with Crippen molar-refractivity contribution in [3.63, 3.8) is 0 Å². The van der Waals surface area contributed by atoms with E-state index in [9.17, 15) is 9.18 Å². The van der Waals surface area contributed by atoms with Gasteiger partial charge in [0, 0.05) is 17.6 Å². The molecule has 1 aliphatic heterocycles. The molecule has 1 aromatic rings. The fourth-order valence-corrected chi connectivity index (χ4v) is 3.31. The number of rotatable bonds is 3. The van der Waals surface area contributed by atoms with E-state index in [2.05, 4.69) is 22.9 Å². The SMILES string of the molecule is CCCC1CCCN(C(=O)c2cc(F)ccc2Br)CC1. The lowest BCUT2D eigenvalue weighted by atomic mass is 9.96. The van der Waals surface area contributed by atoms with Gasteiger partial charge in [-0.1, -0.05) is 19.8 Å². The van der Waals surface area contributed by atoms with E-state index in [0.29, 0.717) is 10.0 Å². The minimum Gasteiger partial charge on any atom is -0.339 e. The van der Waals surface area contributed by atoms with Gasteiger partial charge in [0.25, 0.3) is 5.91 Å². The Morgan fingerprint density at radius 1 is 1.40 bits per heavy atom. The highest BCUT2D eigenvalue weighted by Gasteiger charge is 2.22. The standard InChI is InChI=1S/C16H21BrFNO/c1-2-4-12-5-3-9-19(10-8-12)16(20)14-11-13(18)6-7-15(14)17/h6-7,11-12H,2-5,8-10H2,1H3. The summed E-state index contributed by atoms with van der Waals surface area (Å²) in [4.78, 5) is 14.4. The first-order valence-corrected chi connectivity index (χ1v) is 8.15. The molecule has 1 aromatic carbocycles. The van der Waals surface area contributed by atoms with Gasteiger partial charge in [-0.25, -0.2) is 4.39 Å². The van der Waals surface area contributed by atoms with Crippen LogP contribution < -0.4 is 0 Å². The third kappa shape index (κ3) is 3.81. The summed E-state index contributed by atoms with van der Waals surface area (Å²) < 4.78 is 14.0. The summed E-state index contributed by atoms with van der Waals surface area (Å²) in [6, 6.07) is 4.28. The zero-order chi connectivity index (χ0) is 14.5. The van der Waals surface area contributed by atoms with Gasteiger partial charge in [-0.15, -0.1) is 0 Å². The van der Waals surface area contributed by atoms with Gasteiger partial charge < -0.3 is 4.90 Å². The first-order valence-electron chi connectivity index (χ1n) is 7.36. The number of carbonyl (C=O) groups excluding carboxylic acids is 1. The van der Waals surface area contributed by atoms with Crippen LogP contribution in [0.15, 0.2) is 22.7 Å². The Kier molecular flexibility index (Phi) is 5.58. The third-order valence-corrected chi connectivity index (χ3v) is 4.68. The second-order valence-corrected chi connectivity index (χ2v) is 6.36. The van der Waals surface area contributed by atoms with Crippen LogP contribution in [-0.2, 0) is 0 Å². The topological polar surface area (TPSA) is 20.3 Å². The number of nitrogens with zero attached hydrogens (tertiary/aromatic N) is 1. The van der Waals surface area contributed by atoms with E-state index in [1.807, 2.05) is 4.90 Å². The van der Waals surface area contributed by atoms with Crippen LogP contribution in [-0.4, -0.2) is 23.9 Å². The Hall–Kier alpha value is -0.900. The quantitative estimate of drug-likeness (QED) is 0.784. The molecular formula is C16H21BrFNO. The summed E-state index contributed by atoms with van der Waals surface area (Å²) in [7, 11) is 0. The Balaban J connectivity index is 2.07. The fraction of sp³-hybridized carbons (Fsp3) is 0.562. The van der Waals surface area contributed by atoms with Gasteiger partial charge in [0.15, 0.2) is 0 Å². The predicted octanol–water partition coefficient (Wildman–Crippen LogP) is 4.63. The molecule has 110 valence electrons. The Morgan fingerprint density at radius 2 is 2.20 bits per heavy atom. The largest absolute Gasteiger partial charge is 0.339 e. The summed E-state index contributed by atoms with van der Waals surface area (Å²) in [6.07, 6.45) is 5.75. The van der Waals surface area contributed by atoms with Crippen LogP contribution in [0.2, 0.25) is 0 Å². The van der Waals surface area contributed by atoms with Gasteiger partial charge in [0.2, 0.25) is 0 Å². The molecule has 1 amide bonds. The zero-order valence-electron chi connectivity index (χ0n) is 11.9. The van der Waals surface area contributed by atoms with Crippen LogP contribution in [0.3, 0.4) is 0 Å². The Bertz CT molecular complexity index is 478. The van der Waals surface area contributed by atoms with Gasteiger partial charge >= 0.3 is 0 Å². The number of hydrogen-bond donors (Lipinski definition) is 0. The minimum absolute atomic E-state index is 0.0616. The molecule has 1 aliphatic rings. The lowest BCUT2D eigenvalue weighted by Crippen LogP contribution is -2.32. The van der Waals surface area contributed by atoms with Crippen molar-refractivity contribution in [2.45, 2.75) is 39.0 Å². The molecular weight excluding hydrogens is 321 g/mol. The zero-order valence-corrected chi connectivity index (χ0v) is 13.5. The molecule has 1 fully saturated rings. The van der Waals surface area contributed by atoms with E-state index in [1.165, 1.54) is 31.4 Å². The van der Waals surface area contributed by atoms with Crippen molar-refractivity contribution in [3.8, 4) is 0 Å². The second-order valence-electron chi connectivity index (χ2n) is 5.50. The Labute approximate surface area is 128 Å². The first kappa shape index (κ1) is 15.5. The van der Waals surface area contributed by atoms with Crippen molar-refractivity contribution >= 4 is 21.8 Å². The fourth-order valence-electron chi connectivity index (χ4n) is 2.90. The van der Waals surface area contributed by atoms with E-state index in [0.717, 1.165) is 31.8 Å². The van der Waals surface area contributed by atoms with Crippen molar-refractivity contribution < 1.29 is 9.18 Å². The molecule has 0 aromatic heterocycles. The molecule has 0 spiro atoms. The number of likely N-dealkylation sites (tertiary alicyclic amines) is 1. The summed E-state index contributed by atoms with van der Waals surface area (Å²) >= 11 is 3.34. The van der Waals surface area contributed by atoms with Crippen molar-refractivity contribution in [2.75, 3.05) is 13.1 Å². The van der Waals surface area contributed by atoms with Crippen LogP contribution in [0.25, 0.3) is 0 Å². The number of halogens is 2. The van der Waals surface area contributed by atoms with Crippen LogP contribution in [0.4, 0.5) is 4.39 Å².